The Hall–Kier alpha value is -2.73. The monoisotopic (exact) mass is 566 g/mol. The number of urea groups is 1. The van der Waals surface area contributed by atoms with Crippen molar-refractivity contribution in [3.63, 3.8) is 0 Å². The molecule has 206 valence electrons. The van der Waals surface area contributed by atoms with Crippen LogP contribution in [0.3, 0.4) is 0 Å². The lowest BCUT2D eigenvalue weighted by Gasteiger charge is -2.26. The maximum absolute atomic E-state index is 15.0. The predicted octanol–water partition coefficient (Wildman–Crippen LogP) is 6.76. The van der Waals surface area contributed by atoms with E-state index >= 15 is 0 Å². The zero-order chi connectivity index (χ0) is 27.7. The van der Waals surface area contributed by atoms with Crippen LogP contribution in [0.4, 0.5) is 19.3 Å². The van der Waals surface area contributed by atoms with E-state index in [0.29, 0.717) is 35.7 Å². The molecule has 1 aliphatic heterocycles. The fraction of sp³-hybridized carbons (Fsp3) is 0.462. The van der Waals surface area contributed by atoms with E-state index in [0.717, 1.165) is 18.2 Å². The van der Waals surface area contributed by atoms with Crippen LogP contribution in [0.2, 0.25) is 30.7 Å². The first-order valence-corrected chi connectivity index (χ1v) is 16.5. The summed E-state index contributed by atoms with van der Waals surface area (Å²) >= 11 is 6.45. The van der Waals surface area contributed by atoms with Crippen molar-refractivity contribution in [2.24, 2.45) is 0 Å². The highest BCUT2D eigenvalue weighted by atomic mass is 35.5. The first kappa shape index (κ1) is 28.3. The number of pyridine rings is 1. The van der Waals surface area contributed by atoms with Gasteiger partial charge < -0.3 is 29.4 Å². The Labute approximate surface area is 226 Å². The Morgan fingerprint density at radius 1 is 1.29 bits per heavy atom. The lowest BCUT2D eigenvalue weighted by Crippen LogP contribution is -2.47. The van der Waals surface area contributed by atoms with Crippen LogP contribution in [0.25, 0.3) is 11.0 Å². The number of nitrogens with one attached hydrogen (secondary N) is 2. The van der Waals surface area contributed by atoms with Gasteiger partial charge in [-0.1, -0.05) is 31.2 Å². The van der Waals surface area contributed by atoms with E-state index < -0.39 is 37.1 Å². The molecule has 1 atom stereocenters. The van der Waals surface area contributed by atoms with Crippen LogP contribution in [0, 0.1) is 11.6 Å². The number of ether oxygens (including phenoxy) is 3. The number of benzene rings is 1. The standard InChI is InChI=1S/C26H33ClF2N4O4Si/c1-26(2)21(7-9-36-26)32-25(34)31-16-12-18(28)23(19(29)13-16)37-20-6-8-30-24-22(20)17(27)14-33(24)15-35-10-11-38(3,4)5/h6,8,12-14,21H,7,9-11,15H2,1-5H3,(H2,31,32,34)/t21-/m0/s1. The summed E-state index contributed by atoms with van der Waals surface area (Å²) in [6.07, 6.45) is 3.76. The Morgan fingerprint density at radius 2 is 2.00 bits per heavy atom. The lowest BCUT2D eigenvalue weighted by molar-refractivity contribution is 0.0238. The normalized spacial score (nSPS) is 17.1. The lowest BCUT2D eigenvalue weighted by atomic mass is 9.99. The molecule has 2 amide bonds. The highest BCUT2D eigenvalue weighted by molar-refractivity contribution is 6.76. The summed E-state index contributed by atoms with van der Waals surface area (Å²) in [7, 11) is -1.23. The number of anilines is 1. The largest absolute Gasteiger partial charge is 0.450 e. The minimum Gasteiger partial charge on any atom is -0.450 e. The van der Waals surface area contributed by atoms with Gasteiger partial charge in [0, 0.05) is 51.5 Å². The van der Waals surface area contributed by atoms with Crippen LogP contribution in [0.5, 0.6) is 11.5 Å². The Kier molecular flexibility index (Phi) is 8.31. The van der Waals surface area contributed by atoms with E-state index in [2.05, 4.69) is 35.3 Å². The zero-order valence-corrected chi connectivity index (χ0v) is 23.9. The number of hydrogen-bond donors (Lipinski definition) is 2. The number of carbonyl (C=O) groups is 1. The number of nitrogens with zero attached hydrogens (tertiary/aromatic N) is 2. The van der Waals surface area contributed by atoms with E-state index in [1.54, 1.807) is 10.8 Å². The summed E-state index contributed by atoms with van der Waals surface area (Å²) in [4.78, 5) is 16.7. The van der Waals surface area contributed by atoms with Crippen molar-refractivity contribution in [3.8, 4) is 11.5 Å². The van der Waals surface area contributed by atoms with Gasteiger partial charge >= 0.3 is 6.03 Å². The van der Waals surface area contributed by atoms with Gasteiger partial charge in [-0.2, -0.15) is 0 Å². The molecule has 12 heteroatoms. The van der Waals surface area contributed by atoms with Gasteiger partial charge in [-0.3, -0.25) is 0 Å². The van der Waals surface area contributed by atoms with Crippen molar-refractivity contribution < 1.29 is 27.8 Å². The maximum atomic E-state index is 15.0. The average Bonchev–Trinajstić information content (AvgIpc) is 3.31. The maximum Gasteiger partial charge on any atom is 0.319 e. The van der Waals surface area contributed by atoms with Crippen molar-refractivity contribution in [3.05, 3.63) is 47.2 Å². The van der Waals surface area contributed by atoms with E-state index in [1.165, 1.54) is 12.3 Å². The molecule has 0 bridgehead atoms. The number of amides is 2. The fourth-order valence-electron chi connectivity index (χ4n) is 4.16. The molecule has 1 aromatic carbocycles. The molecule has 2 aromatic heterocycles. The average molecular weight is 567 g/mol. The van der Waals surface area contributed by atoms with E-state index in [9.17, 15) is 13.6 Å². The van der Waals surface area contributed by atoms with Crippen molar-refractivity contribution in [1.29, 1.82) is 0 Å². The first-order chi connectivity index (χ1) is 17.8. The molecule has 3 heterocycles. The summed E-state index contributed by atoms with van der Waals surface area (Å²) in [6, 6.07) is 3.67. The highest BCUT2D eigenvalue weighted by Crippen LogP contribution is 2.37. The van der Waals surface area contributed by atoms with Crippen molar-refractivity contribution in [2.75, 3.05) is 18.5 Å². The Morgan fingerprint density at radius 3 is 2.63 bits per heavy atom. The third-order valence-corrected chi connectivity index (χ3v) is 8.38. The molecule has 0 radical (unpaired) electrons. The Balaban J connectivity index is 1.48. The molecule has 8 nitrogen and oxygen atoms in total. The van der Waals surface area contributed by atoms with Gasteiger partial charge in [-0.25, -0.2) is 18.6 Å². The summed E-state index contributed by atoms with van der Waals surface area (Å²) < 4.78 is 48.7. The molecule has 0 aliphatic carbocycles. The fourth-order valence-corrected chi connectivity index (χ4v) is 5.21. The van der Waals surface area contributed by atoms with Crippen LogP contribution >= 0.6 is 11.6 Å². The quantitative estimate of drug-likeness (QED) is 0.221. The molecular formula is C26H33ClF2N4O4Si. The van der Waals surface area contributed by atoms with Gasteiger partial charge in [0.25, 0.3) is 0 Å². The SMILES string of the molecule is CC1(C)OCC[C@@H]1NC(=O)Nc1cc(F)c(Oc2ccnc3c2c(Cl)cn3COCC[Si](C)(C)C)c(F)c1. The third kappa shape index (κ3) is 6.63. The minimum atomic E-state index is -1.23. The van der Waals surface area contributed by atoms with Crippen LogP contribution in [-0.2, 0) is 16.2 Å². The number of fused-ring (bicyclic) bond motifs is 1. The Bertz CT molecular complexity index is 1310. The molecule has 0 spiro atoms. The van der Waals surface area contributed by atoms with Crippen LogP contribution in [-0.4, -0.2) is 48.5 Å². The molecule has 4 rings (SSSR count). The molecule has 1 fully saturated rings. The van der Waals surface area contributed by atoms with Gasteiger partial charge in [0.2, 0.25) is 0 Å². The van der Waals surface area contributed by atoms with Crippen molar-refractivity contribution in [2.45, 2.75) is 64.3 Å². The summed E-state index contributed by atoms with van der Waals surface area (Å²) in [5.74, 6) is -2.45. The second kappa shape index (κ2) is 11.2. The zero-order valence-electron chi connectivity index (χ0n) is 22.2. The molecule has 0 unspecified atom stereocenters. The minimum absolute atomic E-state index is 0.0545. The molecule has 0 saturated carbocycles. The van der Waals surface area contributed by atoms with Crippen molar-refractivity contribution >= 4 is 42.4 Å². The molecular weight excluding hydrogens is 534 g/mol. The van der Waals surface area contributed by atoms with Gasteiger partial charge in [-0.15, -0.1) is 0 Å². The predicted molar refractivity (Wildman–Crippen MR) is 146 cm³/mol. The number of hydrogen-bond acceptors (Lipinski definition) is 5. The number of aromatic nitrogens is 2. The molecule has 38 heavy (non-hydrogen) atoms. The van der Waals surface area contributed by atoms with Crippen LogP contribution in [0.15, 0.2) is 30.6 Å². The summed E-state index contributed by atoms with van der Waals surface area (Å²) in [5.41, 5.74) is -0.113. The topological polar surface area (TPSA) is 86.6 Å². The van der Waals surface area contributed by atoms with Gasteiger partial charge in [0.15, 0.2) is 17.4 Å². The van der Waals surface area contributed by atoms with E-state index in [1.807, 2.05) is 13.8 Å². The first-order valence-electron chi connectivity index (χ1n) is 12.4. The smallest absolute Gasteiger partial charge is 0.319 e. The van der Waals surface area contributed by atoms with Crippen LogP contribution in [0.1, 0.15) is 20.3 Å². The molecule has 1 aliphatic rings. The van der Waals surface area contributed by atoms with E-state index in [4.69, 9.17) is 25.8 Å². The number of halogens is 3. The third-order valence-electron chi connectivity index (χ3n) is 6.39. The second-order valence-electron chi connectivity index (χ2n) is 11.1. The van der Waals surface area contributed by atoms with Gasteiger partial charge in [0.05, 0.1) is 22.1 Å². The van der Waals surface area contributed by atoms with Crippen molar-refractivity contribution in [1.82, 2.24) is 14.9 Å². The molecule has 2 N–H and O–H groups in total. The molecule has 1 saturated heterocycles. The van der Waals surface area contributed by atoms with Gasteiger partial charge in [0.1, 0.15) is 18.1 Å². The number of carbonyl (C=O) groups excluding carboxylic acids is 1. The van der Waals surface area contributed by atoms with Crippen LogP contribution < -0.4 is 15.4 Å². The van der Waals surface area contributed by atoms with E-state index in [-0.39, 0.29) is 24.2 Å². The summed E-state index contributed by atoms with van der Waals surface area (Å²) in [6.45, 7) is 11.9. The molecule has 3 aromatic rings. The second-order valence-corrected chi connectivity index (χ2v) is 17.1. The summed E-state index contributed by atoms with van der Waals surface area (Å²) in [5, 5.41) is 5.97. The number of rotatable bonds is 9. The highest BCUT2D eigenvalue weighted by Gasteiger charge is 2.36. The van der Waals surface area contributed by atoms with Gasteiger partial charge in [-0.05, 0) is 32.4 Å².